The zero-order valence-electron chi connectivity index (χ0n) is 7.93. The Morgan fingerprint density at radius 3 is 2.93 bits per heavy atom. The van der Waals surface area contributed by atoms with Crippen molar-refractivity contribution in [2.24, 2.45) is 7.05 Å². The van der Waals surface area contributed by atoms with Crippen LogP contribution in [0.4, 0.5) is 0 Å². The van der Waals surface area contributed by atoms with Crippen molar-refractivity contribution in [2.75, 3.05) is 7.11 Å². The lowest BCUT2D eigenvalue weighted by Crippen LogP contribution is -2.09. The lowest BCUT2D eigenvalue weighted by molar-refractivity contribution is -0.104. The molecule has 1 rings (SSSR count). The largest absolute Gasteiger partial charge is 0.464 e. The fraction of sp³-hybridized carbons (Fsp3) is 0.222. The molecule has 1 aromatic heterocycles. The minimum atomic E-state index is -0.476. The van der Waals surface area contributed by atoms with Gasteiger partial charge in [-0.15, -0.1) is 0 Å². The van der Waals surface area contributed by atoms with E-state index >= 15 is 0 Å². The second-order valence-electron chi connectivity index (χ2n) is 2.56. The number of aryl methyl sites for hydroxylation is 1. The first kappa shape index (κ1) is 10.2. The van der Waals surface area contributed by atoms with Crippen molar-refractivity contribution >= 4 is 18.3 Å². The number of methoxy groups -OCH3 is 1. The molecule has 74 valence electrons. The number of aldehydes is 1. The van der Waals surface area contributed by atoms with Crippen LogP contribution in [0.5, 0.6) is 0 Å². The summed E-state index contributed by atoms with van der Waals surface area (Å²) in [5.74, 6) is -0.476. The standard InChI is InChI=1S/C9H10N2O3/c1-11-8(9(13)14-2)7(6-10-11)4-3-5-12/h3-6H,1-2H3. The number of hydrogen-bond donors (Lipinski definition) is 0. The van der Waals surface area contributed by atoms with E-state index in [1.807, 2.05) is 0 Å². The van der Waals surface area contributed by atoms with E-state index in [1.54, 1.807) is 7.05 Å². The number of carbonyl (C=O) groups excluding carboxylic acids is 2. The Kier molecular flexibility index (Phi) is 3.17. The molecular formula is C9H10N2O3. The van der Waals surface area contributed by atoms with Gasteiger partial charge >= 0.3 is 5.97 Å². The average molecular weight is 194 g/mol. The molecule has 0 saturated heterocycles. The highest BCUT2D eigenvalue weighted by Crippen LogP contribution is 2.10. The van der Waals surface area contributed by atoms with E-state index in [-0.39, 0.29) is 0 Å². The smallest absolute Gasteiger partial charge is 0.356 e. The topological polar surface area (TPSA) is 61.2 Å². The highest BCUT2D eigenvalue weighted by molar-refractivity contribution is 5.92. The summed E-state index contributed by atoms with van der Waals surface area (Å²) in [7, 11) is 2.92. The summed E-state index contributed by atoms with van der Waals surface area (Å²) in [6.07, 6.45) is 4.93. The Labute approximate surface area is 81.0 Å². The Balaban J connectivity index is 3.11. The van der Waals surface area contributed by atoms with Crippen LogP contribution in [-0.2, 0) is 16.6 Å². The predicted octanol–water partition coefficient (Wildman–Crippen LogP) is 0.419. The van der Waals surface area contributed by atoms with Gasteiger partial charge in [0.05, 0.1) is 13.3 Å². The third-order valence-electron chi connectivity index (χ3n) is 1.70. The maximum atomic E-state index is 11.3. The molecule has 0 aliphatic carbocycles. The van der Waals surface area contributed by atoms with Gasteiger partial charge < -0.3 is 4.74 Å². The van der Waals surface area contributed by atoms with Crippen molar-refractivity contribution in [2.45, 2.75) is 0 Å². The van der Waals surface area contributed by atoms with E-state index in [2.05, 4.69) is 9.84 Å². The molecule has 0 aliphatic heterocycles. The fourth-order valence-corrected chi connectivity index (χ4v) is 1.07. The number of esters is 1. The van der Waals surface area contributed by atoms with Crippen LogP contribution in [0.15, 0.2) is 12.3 Å². The molecule has 0 amide bonds. The summed E-state index contributed by atoms with van der Waals surface area (Å²) in [5.41, 5.74) is 0.886. The van der Waals surface area contributed by atoms with Crippen LogP contribution in [0.3, 0.4) is 0 Å². The second kappa shape index (κ2) is 4.36. The number of allylic oxidation sites excluding steroid dienone is 1. The zero-order valence-corrected chi connectivity index (χ0v) is 7.93. The first-order valence-corrected chi connectivity index (χ1v) is 3.93. The van der Waals surface area contributed by atoms with E-state index in [4.69, 9.17) is 0 Å². The summed E-state index contributed by atoms with van der Waals surface area (Å²) in [6, 6.07) is 0. The Morgan fingerprint density at radius 2 is 2.36 bits per heavy atom. The maximum Gasteiger partial charge on any atom is 0.356 e. The molecule has 0 bridgehead atoms. The number of hydrogen-bond acceptors (Lipinski definition) is 4. The minimum absolute atomic E-state index is 0.325. The summed E-state index contributed by atoms with van der Waals surface area (Å²) in [5, 5.41) is 3.89. The molecule has 5 heteroatoms. The molecule has 0 radical (unpaired) electrons. The highest BCUT2D eigenvalue weighted by atomic mass is 16.5. The number of ether oxygens (including phenoxy) is 1. The van der Waals surface area contributed by atoms with E-state index < -0.39 is 5.97 Å². The molecule has 5 nitrogen and oxygen atoms in total. The second-order valence-corrected chi connectivity index (χ2v) is 2.56. The quantitative estimate of drug-likeness (QED) is 0.397. The van der Waals surface area contributed by atoms with E-state index in [9.17, 15) is 9.59 Å². The monoisotopic (exact) mass is 194 g/mol. The van der Waals surface area contributed by atoms with Crippen molar-refractivity contribution < 1.29 is 14.3 Å². The lowest BCUT2D eigenvalue weighted by atomic mass is 10.2. The van der Waals surface area contributed by atoms with Gasteiger partial charge in [0.15, 0.2) is 5.69 Å². The summed E-state index contributed by atoms with van der Waals surface area (Å²) in [4.78, 5) is 21.4. The van der Waals surface area contributed by atoms with Crippen LogP contribution in [0.2, 0.25) is 0 Å². The van der Waals surface area contributed by atoms with Crippen LogP contribution in [0.25, 0.3) is 6.08 Å². The highest BCUT2D eigenvalue weighted by Gasteiger charge is 2.14. The van der Waals surface area contributed by atoms with E-state index in [0.29, 0.717) is 17.5 Å². The molecule has 0 N–H and O–H groups in total. The average Bonchev–Trinajstić information content (AvgIpc) is 2.55. The summed E-state index contributed by atoms with van der Waals surface area (Å²) in [6.45, 7) is 0. The fourth-order valence-electron chi connectivity index (χ4n) is 1.07. The first-order chi connectivity index (χ1) is 6.70. The van der Waals surface area contributed by atoms with Gasteiger partial charge in [0, 0.05) is 12.6 Å². The molecule has 0 saturated carbocycles. The molecule has 0 atom stereocenters. The normalized spacial score (nSPS) is 10.4. The van der Waals surface area contributed by atoms with Crippen molar-refractivity contribution in [3.63, 3.8) is 0 Å². The van der Waals surface area contributed by atoms with Gasteiger partial charge in [-0.25, -0.2) is 4.79 Å². The number of rotatable bonds is 3. The number of nitrogens with zero attached hydrogens (tertiary/aromatic N) is 2. The number of carbonyl (C=O) groups is 2. The molecule has 1 aromatic rings. The van der Waals surface area contributed by atoms with Gasteiger partial charge in [-0.2, -0.15) is 5.10 Å². The van der Waals surface area contributed by atoms with Gasteiger partial charge in [0.2, 0.25) is 0 Å². The van der Waals surface area contributed by atoms with Gasteiger partial charge in [-0.3, -0.25) is 9.48 Å². The molecule has 1 heterocycles. The van der Waals surface area contributed by atoms with Crippen LogP contribution in [0.1, 0.15) is 16.1 Å². The maximum absolute atomic E-state index is 11.3. The predicted molar refractivity (Wildman–Crippen MR) is 49.6 cm³/mol. The molecule has 14 heavy (non-hydrogen) atoms. The Hall–Kier alpha value is -1.91. The third-order valence-corrected chi connectivity index (χ3v) is 1.70. The molecule has 0 aromatic carbocycles. The van der Waals surface area contributed by atoms with Crippen LogP contribution < -0.4 is 0 Å². The Morgan fingerprint density at radius 1 is 1.64 bits per heavy atom. The summed E-state index contributed by atoms with van der Waals surface area (Å²) < 4.78 is 5.97. The molecule has 0 aliphatic rings. The van der Waals surface area contributed by atoms with Crippen LogP contribution >= 0.6 is 0 Å². The van der Waals surface area contributed by atoms with Gasteiger partial charge in [-0.05, 0) is 12.2 Å². The third kappa shape index (κ3) is 1.87. The lowest BCUT2D eigenvalue weighted by Gasteiger charge is -2.00. The summed E-state index contributed by atoms with van der Waals surface area (Å²) >= 11 is 0. The van der Waals surface area contributed by atoms with Crippen molar-refractivity contribution in [1.29, 1.82) is 0 Å². The first-order valence-electron chi connectivity index (χ1n) is 3.93. The van der Waals surface area contributed by atoms with Gasteiger partial charge in [-0.1, -0.05) is 0 Å². The van der Waals surface area contributed by atoms with Crippen LogP contribution in [-0.4, -0.2) is 29.1 Å². The van der Waals surface area contributed by atoms with Gasteiger partial charge in [0.25, 0.3) is 0 Å². The van der Waals surface area contributed by atoms with E-state index in [0.717, 1.165) is 0 Å². The SMILES string of the molecule is COC(=O)c1c(C=CC=O)cnn1C. The molecule has 0 spiro atoms. The number of aromatic nitrogens is 2. The molecule has 0 fully saturated rings. The molecule has 0 unspecified atom stereocenters. The van der Waals surface area contributed by atoms with Crippen molar-refractivity contribution in [1.82, 2.24) is 9.78 Å². The van der Waals surface area contributed by atoms with Crippen molar-refractivity contribution in [3.05, 3.63) is 23.5 Å². The van der Waals surface area contributed by atoms with Gasteiger partial charge in [0.1, 0.15) is 6.29 Å². The van der Waals surface area contributed by atoms with Crippen molar-refractivity contribution in [3.8, 4) is 0 Å². The minimum Gasteiger partial charge on any atom is -0.464 e. The van der Waals surface area contributed by atoms with E-state index in [1.165, 1.54) is 30.1 Å². The zero-order chi connectivity index (χ0) is 10.6. The molecular weight excluding hydrogens is 184 g/mol. The van der Waals surface area contributed by atoms with Crippen LogP contribution in [0, 0.1) is 0 Å². The Bertz CT molecular complexity index is 379.